The predicted octanol–water partition coefficient (Wildman–Crippen LogP) is 5.20. The molecule has 0 radical (unpaired) electrons. The van der Waals surface area contributed by atoms with Gasteiger partial charge in [-0.15, -0.1) is 17.2 Å². The first-order valence-electron chi connectivity index (χ1n) is 6.10. The second kappa shape index (κ2) is 7.36. The molecule has 2 aromatic rings. The molecule has 0 aliphatic carbocycles. The van der Waals surface area contributed by atoms with Crippen molar-refractivity contribution in [3.8, 4) is 11.3 Å². The van der Waals surface area contributed by atoms with Crippen molar-refractivity contribution < 1.29 is 25.3 Å². The molecule has 0 aliphatic rings. The van der Waals surface area contributed by atoms with Gasteiger partial charge in [-0.05, 0) is 6.07 Å². The van der Waals surface area contributed by atoms with Crippen LogP contribution in [0.2, 0.25) is 19.6 Å². The molecule has 0 spiro atoms. The molecule has 104 valence electrons. The molecule has 0 bridgehead atoms. The molecular weight excluding hydrogens is 374 g/mol. The molecule has 0 N–H and O–H groups in total. The fourth-order valence-electron chi connectivity index (χ4n) is 1.77. The van der Waals surface area contributed by atoms with Crippen LogP contribution in [0.15, 0.2) is 28.7 Å². The van der Waals surface area contributed by atoms with Gasteiger partial charge in [0.1, 0.15) is 8.07 Å². The Bertz CT molecular complexity index is 506. The Hall–Kier alpha value is 0.310. The van der Waals surface area contributed by atoms with E-state index in [1.165, 1.54) is 22.1 Å². The van der Waals surface area contributed by atoms with Crippen LogP contribution in [-0.4, -0.2) is 8.07 Å². The molecule has 0 atom stereocenters. The summed E-state index contributed by atoms with van der Waals surface area (Å²) < 4.78 is 5.96. The van der Waals surface area contributed by atoms with Crippen LogP contribution in [-0.2, 0) is 20.8 Å². The van der Waals surface area contributed by atoms with Crippen molar-refractivity contribution in [1.29, 1.82) is 0 Å². The van der Waals surface area contributed by atoms with Gasteiger partial charge in [0, 0.05) is 5.76 Å². The zero-order valence-electron chi connectivity index (χ0n) is 12.0. The monoisotopic (exact) mass is 391 g/mol. The molecule has 0 amide bonds. The molecule has 1 aromatic carbocycles. The van der Waals surface area contributed by atoms with Crippen LogP contribution in [0.3, 0.4) is 0 Å². The van der Waals surface area contributed by atoms with E-state index in [1.54, 1.807) is 0 Å². The quantitative estimate of drug-likeness (QED) is 0.505. The predicted molar refractivity (Wildman–Crippen MR) is 83.9 cm³/mol. The fraction of sp³-hybridized carbons (Fsp3) is 0.357. The zero-order chi connectivity index (χ0) is 14.6. The van der Waals surface area contributed by atoms with Gasteiger partial charge in [-0.25, -0.2) is 0 Å². The molecule has 0 saturated heterocycles. The van der Waals surface area contributed by atoms with Gasteiger partial charge in [-0.3, -0.25) is 0 Å². The van der Waals surface area contributed by atoms with Crippen LogP contribution >= 0.6 is 17.0 Å². The van der Waals surface area contributed by atoms with E-state index in [2.05, 4.69) is 57.8 Å². The van der Waals surface area contributed by atoms with Gasteiger partial charge in [-0.2, -0.15) is 11.6 Å². The van der Waals surface area contributed by atoms with Crippen molar-refractivity contribution in [2.75, 3.05) is 0 Å². The Balaban J connectivity index is 0.000000550. The van der Waals surface area contributed by atoms with Crippen LogP contribution < -0.4 is 5.38 Å². The number of rotatable bonds is 2. The summed E-state index contributed by atoms with van der Waals surface area (Å²) in [7, 11) is 8.55. The van der Waals surface area contributed by atoms with Crippen LogP contribution in [0.1, 0.15) is 11.1 Å². The van der Waals surface area contributed by atoms with Crippen LogP contribution in [0.4, 0.5) is 0 Å². The second-order valence-corrected chi connectivity index (χ2v) is 14.3. The Labute approximate surface area is 135 Å². The maximum atomic E-state index is 5.96. The van der Waals surface area contributed by atoms with Crippen LogP contribution in [0.5, 0.6) is 0 Å². The van der Waals surface area contributed by atoms with Gasteiger partial charge in [0.25, 0.3) is 0 Å². The summed E-state index contributed by atoms with van der Waals surface area (Å²) >= 11 is -0.826. The van der Waals surface area contributed by atoms with Crippen molar-refractivity contribution in [2.45, 2.75) is 33.5 Å². The maximum absolute atomic E-state index is 5.96. The first kappa shape index (κ1) is 17.4. The Morgan fingerprint density at radius 2 is 1.74 bits per heavy atom. The first-order chi connectivity index (χ1) is 8.79. The van der Waals surface area contributed by atoms with Gasteiger partial charge < -0.3 is 4.42 Å². The van der Waals surface area contributed by atoms with E-state index < -0.39 is 28.9 Å². The first-order valence-corrected chi connectivity index (χ1v) is 15.9. The Kier molecular flexibility index (Phi) is 6.72. The molecule has 5 heteroatoms. The van der Waals surface area contributed by atoms with E-state index in [4.69, 9.17) is 21.4 Å². The van der Waals surface area contributed by atoms with Gasteiger partial charge >= 0.3 is 37.9 Å². The standard InChI is InChI=1S/C14H19OSi.2ClH.Zr/c1-10-8-12(9-11(10)2)13-6-7-14(15-13)16(3,4)5;;;/h6-9H,1-5H3;2*1H;/q-1;;;+2/p-2. The molecule has 0 fully saturated rings. The minimum absolute atomic E-state index is 0.826. The van der Waals surface area contributed by atoms with E-state index in [-0.39, 0.29) is 0 Å². The van der Waals surface area contributed by atoms with Crippen LogP contribution in [0, 0.1) is 13.8 Å². The fourth-order valence-corrected chi connectivity index (χ4v) is 2.77. The summed E-state index contributed by atoms with van der Waals surface area (Å²) in [6.45, 7) is 11.2. The summed E-state index contributed by atoms with van der Waals surface area (Å²) in [6.07, 6.45) is 0. The average molecular weight is 394 g/mol. The van der Waals surface area contributed by atoms with E-state index in [0.29, 0.717) is 0 Å². The molecule has 19 heavy (non-hydrogen) atoms. The molecule has 0 saturated carbocycles. The summed E-state index contributed by atoms with van der Waals surface area (Å²) in [5, 5.41) is 1.18. The summed E-state index contributed by atoms with van der Waals surface area (Å²) in [5.41, 5.74) is 3.88. The molecule has 0 unspecified atom stereocenters. The SMILES string of the molecule is Cc1cc(-c2ccc([Si](C)(C)C)o2)[cH-]c1C.[Cl][Zr][Cl]. The molecule has 0 aliphatic heterocycles. The summed E-state index contributed by atoms with van der Waals surface area (Å²) in [6, 6.07) is 8.63. The Morgan fingerprint density at radius 3 is 2.11 bits per heavy atom. The molecular formula is C14H19Cl2OSiZr-. The van der Waals surface area contributed by atoms with E-state index in [1.807, 2.05) is 0 Å². The van der Waals surface area contributed by atoms with Gasteiger partial charge in [0.05, 0.1) is 5.38 Å². The van der Waals surface area contributed by atoms with Gasteiger partial charge in [0.2, 0.25) is 0 Å². The number of aryl methyl sites for hydroxylation is 2. The van der Waals surface area contributed by atoms with Crippen molar-refractivity contribution in [3.63, 3.8) is 0 Å². The summed E-state index contributed by atoms with van der Waals surface area (Å²) in [5.74, 6) is 1.01. The van der Waals surface area contributed by atoms with Gasteiger partial charge in [-0.1, -0.05) is 39.6 Å². The normalized spacial score (nSPS) is 10.9. The number of halogens is 2. The molecule has 2 rings (SSSR count). The average Bonchev–Trinajstić information content (AvgIpc) is 2.87. The Morgan fingerprint density at radius 1 is 1.16 bits per heavy atom. The number of furan rings is 1. The zero-order valence-corrected chi connectivity index (χ0v) is 16.9. The van der Waals surface area contributed by atoms with Crippen molar-refractivity contribution in [1.82, 2.24) is 0 Å². The topological polar surface area (TPSA) is 13.1 Å². The molecule has 1 heterocycles. The number of hydrogen-bond donors (Lipinski definition) is 0. The number of hydrogen-bond acceptors (Lipinski definition) is 1. The van der Waals surface area contributed by atoms with Crippen molar-refractivity contribution >= 4 is 30.5 Å². The third-order valence-electron chi connectivity index (χ3n) is 3.00. The van der Waals surface area contributed by atoms with E-state index >= 15 is 0 Å². The third-order valence-corrected chi connectivity index (χ3v) is 4.74. The third kappa shape index (κ3) is 4.97. The van der Waals surface area contributed by atoms with Crippen molar-refractivity contribution in [2.24, 2.45) is 0 Å². The van der Waals surface area contributed by atoms with Crippen molar-refractivity contribution in [3.05, 3.63) is 35.4 Å². The van der Waals surface area contributed by atoms with E-state index in [9.17, 15) is 0 Å². The van der Waals surface area contributed by atoms with Gasteiger partial charge in [0.15, 0.2) is 0 Å². The van der Waals surface area contributed by atoms with Crippen LogP contribution in [0.25, 0.3) is 11.3 Å². The van der Waals surface area contributed by atoms with E-state index in [0.717, 1.165) is 5.76 Å². The minimum atomic E-state index is -1.32. The molecule has 1 nitrogen and oxygen atoms in total. The molecule has 1 aromatic heterocycles. The second-order valence-electron chi connectivity index (χ2n) is 5.60. The summed E-state index contributed by atoms with van der Waals surface area (Å²) in [4.78, 5) is 0.